The highest BCUT2D eigenvalue weighted by atomic mass is 35.5. The first kappa shape index (κ1) is 10.7. The fourth-order valence-electron chi connectivity index (χ4n) is 0.926. The van der Waals surface area contributed by atoms with E-state index in [1.165, 1.54) is 0 Å². The summed E-state index contributed by atoms with van der Waals surface area (Å²) < 4.78 is 0. The molecular formula is C9H7Cl2NS. The molecule has 1 aromatic rings. The third-order valence-electron chi connectivity index (χ3n) is 1.67. The van der Waals surface area contributed by atoms with Crippen molar-refractivity contribution in [3.8, 4) is 0 Å². The topological polar surface area (TPSA) is 12.4 Å². The molecule has 0 heterocycles. The van der Waals surface area contributed by atoms with Gasteiger partial charge in [0.05, 0.1) is 21.2 Å². The van der Waals surface area contributed by atoms with Gasteiger partial charge in [-0.25, -0.2) is 4.99 Å². The van der Waals surface area contributed by atoms with Crippen molar-refractivity contribution in [2.75, 3.05) is 0 Å². The summed E-state index contributed by atoms with van der Waals surface area (Å²) in [6, 6.07) is 5.38. The van der Waals surface area contributed by atoms with E-state index in [1.807, 2.05) is 13.0 Å². The smallest absolute Gasteiger partial charge is 0.0824 e. The van der Waals surface area contributed by atoms with Crippen LogP contribution in [-0.2, 0) is 0 Å². The van der Waals surface area contributed by atoms with Crippen molar-refractivity contribution in [3.05, 3.63) is 33.8 Å². The molecule has 0 radical (unpaired) electrons. The lowest BCUT2D eigenvalue weighted by Crippen LogP contribution is -1.88. The fourth-order valence-corrected chi connectivity index (χ4v) is 1.39. The third kappa shape index (κ3) is 2.78. The molecule has 1 atom stereocenters. The second-order valence-electron chi connectivity index (χ2n) is 2.57. The van der Waals surface area contributed by atoms with Gasteiger partial charge in [-0.1, -0.05) is 29.3 Å². The summed E-state index contributed by atoms with van der Waals surface area (Å²) in [5, 5.41) is 3.41. The summed E-state index contributed by atoms with van der Waals surface area (Å²) in [7, 11) is 0. The molecule has 0 fully saturated rings. The van der Waals surface area contributed by atoms with Crippen LogP contribution in [0, 0.1) is 0 Å². The first-order valence-corrected chi connectivity index (χ1v) is 4.83. The third-order valence-corrected chi connectivity index (χ3v) is 2.52. The van der Waals surface area contributed by atoms with Gasteiger partial charge in [0.1, 0.15) is 0 Å². The van der Waals surface area contributed by atoms with Gasteiger partial charge in [0.15, 0.2) is 0 Å². The lowest BCUT2D eigenvalue weighted by Gasteiger charge is -2.05. The summed E-state index contributed by atoms with van der Waals surface area (Å²) >= 11 is 16.1. The van der Waals surface area contributed by atoms with E-state index in [0.29, 0.717) is 10.0 Å². The van der Waals surface area contributed by atoms with Gasteiger partial charge >= 0.3 is 0 Å². The van der Waals surface area contributed by atoms with Crippen LogP contribution in [0.1, 0.15) is 18.5 Å². The van der Waals surface area contributed by atoms with Crippen LogP contribution >= 0.6 is 35.4 Å². The minimum Gasteiger partial charge on any atom is -0.225 e. The van der Waals surface area contributed by atoms with Crippen LogP contribution in [0.25, 0.3) is 0 Å². The van der Waals surface area contributed by atoms with Gasteiger partial charge < -0.3 is 0 Å². The van der Waals surface area contributed by atoms with Crippen LogP contribution in [0.15, 0.2) is 23.2 Å². The van der Waals surface area contributed by atoms with Crippen LogP contribution in [-0.4, -0.2) is 5.16 Å². The van der Waals surface area contributed by atoms with Gasteiger partial charge in [-0.05, 0) is 36.8 Å². The van der Waals surface area contributed by atoms with Crippen molar-refractivity contribution < 1.29 is 0 Å². The fraction of sp³-hybridized carbons (Fsp3) is 0.222. The number of benzene rings is 1. The maximum absolute atomic E-state index is 5.84. The molecule has 0 spiro atoms. The first-order valence-electron chi connectivity index (χ1n) is 3.67. The van der Waals surface area contributed by atoms with E-state index in [9.17, 15) is 0 Å². The average molecular weight is 232 g/mol. The molecule has 0 saturated carbocycles. The Morgan fingerprint density at radius 2 is 2.08 bits per heavy atom. The molecule has 68 valence electrons. The second-order valence-corrected chi connectivity index (χ2v) is 3.57. The summed E-state index contributed by atoms with van der Waals surface area (Å²) in [6.07, 6.45) is 0. The summed E-state index contributed by atoms with van der Waals surface area (Å²) in [5.74, 6) is 0. The molecule has 0 aromatic heterocycles. The molecule has 1 aromatic carbocycles. The number of nitrogens with zero attached hydrogens (tertiary/aromatic N) is 1. The number of aliphatic imine (C=N–C) groups is 1. The highest BCUT2D eigenvalue weighted by molar-refractivity contribution is 7.78. The second kappa shape index (κ2) is 4.73. The lowest BCUT2D eigenvalue weighted by atomic mass is 10.1. The van der Waals surface area contributed by atoms with E-state index < -0.39 is 0 Å². The Hall–Kier alpha value is -0.400. The summed E-state index contributed by atoms with van der Waals surface area (Å²) in [6.45, 7) is 1.92. The molecule has 1 nitrogen and oxygen atoms in total. The molecule has 0 N–H and O–H groups in total. The Morgan fingerprint density at radius 1 is 1.38 bits per heavy atom. The zero-order chi connectivity index (χ0) is 9.84. The lowest BCUT2D eigenvalue weighted by molar-refractivity contribution is 0.828. The van der Waals surface area contributed by atoms with Crippen molar-refractivity contribution in [2.45, 2.75) is 13.0 Å². The highest BCUT2D eigenvalue weighted by Crippen LogP contribution is 2.26. The molecule has 0 aliphatic heterocycles. The first-order chi connectivity index (χ1) is 6.15. The molecule has 0 unspecified atom stereocenters. The number of rotatable bonds is 2. The molecular weight excluding hydrogens is 225 g/mol. The number of hydrogen-bond acceptors (Lipinski definition) is 2. The number of thiocarbonyl (C=S) groups is 1. The van der Waals surface area contributed by atoms with E-state index in [2.05, 4.69) is 22.4 Å². The van der Waals surface area contributed by atoms with Crippen LogP contribution in [0.3, 0.4) is 0 Å². The maximum Gasteiger partial charge on any atom is 0.0824 e. The maximum atomic E-state index is 5.84. The van der Waals surface area contributed by atoms with Crippen molar-refractivity contribution in [2.24, 2.45) is 4.99 Å². The quantitative estimate of drug-likeness (QED) is 0.551. The minimum atomic E-state index is -0.0210. The molecule has 0 aliphatic rings. The molecule has 1 rings (SSSR count). The van der Waals surface area contributed by atoms with Gasteiger partial charge in [-0.15, -0.1) is 0 Å². The molecule has 13 heavy (non-hydrogen) atoms. The van der Waals surface area contributed by atoms with Gasteiger partial charge in [-0.2, -0.15) is 0 Å². The zero-order valence-electron chi connectivity index (χ0n) is 6.92. The highest BCUT2D eigenvalue weighted by Gasteiger charge is 2.05. The van der Waals surface area contributed by atoms with E-state index in [-0.39, 0.29) is 6.04 Å². The number of isothiocyanates is 1. The largest absolute Gasteiger partial charge is 0.225 e. The van der Waals surface area contributed by atoms with E-state index in [1.54, 1.807) is 12.1 Å². The van der Waals surface area contributed by atoms with Gasteiger partial charge in [0, 0.05) is 0 Å². The van der Waals surface area contributed by atoms with E-state index in [0.717, 1.165) is 5.56 Å². The number of halogens is 2. The number of hydrogen-bond donors (Lipinski definition) is 0. The molecule has 0 bridgehead atoms. The Balaban J connectivity index is 3.03. The van der Waals surface area contributed by atoms with Crippen molar-refractivity contribution in [1.82, 2.24) is 0 Å². The zero-order valence-corrected chi connectivity index (χ0v) is 9.25. The van der Waals surface area contributed by atoms with Gasteiger partial charge in [-0.3, -0.25) is 0 Å². The Morgan fingerprint density at radius 3 is 2.62 bits per heavy atom. The molecule has 0 saturated heterocycles. The molecule has 0 aliphatic carbocycles. The normalized spacial score (nSPS) is 11.9. The monoisotopic (exact) mass is 231 g/mol. The van der Waals surface area contributed by atoms with Crippen LogP contribution in [0.4, 0.5) is 0 Å². The van der Waals surface area contributed by atoms with Crippen molar-refractivity contribution >= 4 is 40.6 Å². The van der Waals surface area contributed by atoms with E-state index >= 15 is 0 Å². The van der Waals surface area contributed by atoms with Gasteiger partial charge in [0.25, 0.3) is 0 Å². The minimum absolute atomic E-state index is 0.0210. The Bertz CT molecular complexity index is 359. The standard InChI is InChI=1S/C9H7Cl2NS/c1-6(12-5-13)7-2-3-8(10)9(11)4-7/h2-4,6H,1H3/t6-/m1/s1. The molecule has 4 heteroatoms. The average Bonchev–Trinajstić information content (AvgIpc) is 2.10. The molecule has 0 amide bonds. The predicted octanol–water partition coefficient (Wildman–Crippen LogP) is 4.16. The summed E-state index contributed by atoms with van der Waals surface area (Å²) in [5.41, 5.74) is 0.978. The Kier molecular flexibility index (Phi) is 3.89. The van der Waals surface area contributed by atoms with E-state index in [4.69, 9.17) is 23.2 Å². The van der Waals surface area contributed by atoms with Crippen LogP contribution < -0.4 is 0 Å². The van der Waals surface area contributed by atoms with Crippen LogP contribution in [0.5, 0.6) is 0 Å². The van der Waals surface area contributed by atoms with Gasteiger partial charge in [0.2, 0.25) is 0 Å². The van der Waals surface area contributed by atoms with Crippen molar-refractivity contribution in [3.63, 3.8) is 0 Å². The predicted molar refractivity (Wildman–Crippen MR) is 59.9 cm³/mol. The Labute approximate surface area is 92.4 Å². The van der Waals surface area contributed by atoms with Crippen LogP contribution in [0.2, 0.25) is 10.0 Å². The SMILES string of the molecule is C[C@@H](N=C=S)c1ccc(Cl)c(Cl)c1. The van der Waals surface area contributed by atoms with Crippen molar-refractivity contribution in [1.29, 1.82) is 0 Å². The summed E-state index contributed by atoms with van der Waals surface area (Å²) in [4.78, 5) is 3.93.